The van der Waals surface area contributed by atoms with Gasteiger partial charge in [-0.15, -0.1) is 0 Å². The van der Waals surface area contributed by atoms with Crippen LogP contribution in [0.4, 0.5) is 0 Å². The summed E-state index contributed by atoms with van der Waals surface area (Å²) in [7, 11) is 0. The van der Waals surface area contributed by atoms with Crippen molar-refractivity contribution in [1.29, 1.82) is 0 Å². The summed E-state index contributed by atoms with van der Waals surface area (Å²) in [5.74, 6) is 0.202. The molecular formula is C10H9NO2S2. The summed E-state index contributed by atoms with van der Waals surface area (Å²) < 4.78 is 6.08. The third-order valence-corrected chi connectivity index (χ3v) is 2.93. The van der Waals surface area contributed by atoms with Gasteiger partial charge in [0.2, 0.25) is 0 Å². The molecule has 0 aliphatic heterocycles. The maximum absolute atomic E-state index is 11.2. The van der Waals surface area contributed by atoms with Crippen LogP contribution in [0.15, 0.2) is 24.3 Å². The summed E-state index contributed by atoms with van der Waals surface area (Å²) in [4.78, 5) is 15.4. The highest BCUT2D eigenvalue weighted by molar-refractivity contribution is 7.80. The molecule has 0 radical (unpaired) electrons. The fraction of sp³-hybridized carbons (Fsp3) is 0.200. The minimum atomic E-state index is -0.288. The van der Waals surface area contributed by atoms with Gasteiger partial charge in [-0.05, 0) is 12.1 Å². The van der Waals surface area contributed by atoms with Crippen molar-refractivity contribution >= 4 is 40.2 Å². The van der Waals surface area contributed by atoms with E-state index in [0.717, 1.165) is 10.2 Å². The molecule has 1 heterocycles. The van der Waals surface area contributed by atoms with Crippen molar-refractivity contribution in [3.8, 4) is 5.19 Å². The second kappa shape index (κ2) is 4.63. The van der Waals surface area contributed by atoms with Crippen LogP contribution >= 0.6 is 24.0 Å². The average molecular weight is 239 g/mol. The number of hydrogen-bond acceptors (Lipinski definition) is 5. The minimum absolute atomic E-state index is 0.288. The van der Waals surface area contributed by atoms with E-state index in [9.17, 15) is 4.79 Å². The summed E-state index contributed by atoms with van der Waals surface area (Å²) in [6, 6.07) is 7.67. The molecule has 2 aromatic rings. The fourth-order valence-electron chi connectivity index (χ4n) is 1.13. The number of ether oxygens (including phenoxy) is 1. The number of esters is 1. The lowest BCUT2D eigenvalue weighted by atomic mass is 10.3. The van der Waals surface area contributed by atoms with Crippen molar-refractivity contribution < 1.29 is 9.53 Å². The van der Waals surface area contributed by atoms with E-state index in [1.807, 2.05) is 24.3 Å². The van der Waals surface area contributed by atoms with E-state index in [0.29, 0.717) is 17.4 Å². The Bertz CT molecular complexity index is 448. The largest absolute Gasteiger partial charge is 0.398 e. The Morgan fingerprint density at radius 2 is 2.27 bits per heavy atom. The van der Waals surface area contributed by atoms with Gasteiger partial charge in [0.25, 0.3) is 5.19 Å². The first kappa shape index (κ1) is 10.4. The lowest BCUT2D eigenvalue weighted by Gasteiger charge is -1.96. The highest BCUT2D eigenvalue weighted by Crippen LogP contribution is 2.27. The Balaban J connectivity index is 2.18. The van der Waals surface area contributed by atoms with Crippen molar-refractivity contribution in [3.05, 3.63) is 24.3 Å². The molecule has 5 heteroatoms. The molecule has 0 saturated carbocycles. The topological polar surface area (TPSA) is 39.2 Å². The van der Waals surface area contributed by atoms with Crippen molar-refractivity contribution in [2.24, 2.45) is 0 Å². The zero-order valence-corrected chi connectivity index (χ0v) is 9.55. The third-order valence-electron chi connectivity index (χ3n) is 1.79. The van der Waals surface area contributed by atoms with E-state index in [2.05, 4.69) is 17.6 Å². The second-order valence-electron chi connectivity index (χ2n) is 2.90. The predicted molar refractivity (Wildman–Crippen MR) is 63.7 cm³/mol. The molecule has 0 atom stereocenters. The summed E-state index contributed by atoms with van der Waals surface area (Å²) in [6.45, 7) is 0. The Morgan fingerprint density at radius 3 is 3.00 bits per heavy atom. The smallest absolute Gasteiger partial charge is 0.313 e. The van der Waals surface area contributed by atoms with Crippen LogP contribution in [0, 0.1) is 0 Å². The normalized spacial score (nSPS) is 10.5. The van der Waals surface area contributed by atoms with E-state index in [1.54, 1.807) is 0 Å². The average Bonchev–Trinajstić information content (AvgIpc) is 2.59. The molecule has 0 amide bonds. The molecule has 0 aliphatic rings. The molecule has 0 spiro atoms. The molecule has 0 unspecified atom stereocenters. The molecule has 0 saturated heterocycles. The molecular weight excluding hydrogens is 230 g/mol. The first-order valence-electron chi connectivity index (χ1n) is 4.46. The molecule has 1 aromatic carbocycles. The molecule has 0 fully saturated rings. The molecule has 0 N–H and O–H groups in total. The van der Waals surface area contributed by atoms with Crippen molar-refractivity contribution in [1.82, 2.24) is 4.98 Å². The van der Waals surface area contributed by atoms with Gasteiger partial charge in [0.05, 0.1) is 16.6 Å². The maximum atomic E-state index is 11.2. The highest BCUT2D eigenvalue weighted by atomic mass is 32.1. The minimum Gasteiger partial charge on any atom is -0.398 e. The number of hydrogen-bond donors (Lipinski definition) is 1. The van der Waals surface area contributed by atoms with Gasteiger partial charge in [-0.2, -0.15) is 12.6 Å². The SMILES string of the molecule is O=C(CCS)Oc1nc2ccccc2s1. The van der Waals surface area contributed by atoms with E-state index in [-0.39, 0.29) is 5.97 Å². The molecule has 2 rings (SSSR count). The van der Waals surface area contributed by atoms with Gasteiger partial charge >= 0.3 is 5.97 Å². The molecule has 3 nitrogen and oxygen atoms in total. The Hall–Kier alpha value is -1.07. The van der Waals surface area contributed by atoms with Crippen LogP contribution in [0.5, 0.6) is 5.19 Å². The third kappa shape index (κ3) is 2.49. The zero-order chi connectivity index (χ0) is 10.7. The Labute approximate surface area is 96.5 Å². The van der Waals surface area contributed by atoms with Crippen LogP contribution < -0.4 is 4.74 Å². The van der Waals surface area contributed by atoms with E-state index >= 15 is 0 Å². The molecule has 78 valence electrons. The number of nitrogens with zero attached hydrogens (tertiary/aromatic N) is 1. The van der Waals surface area contributed by atoms with Gasteiger partial charge in [-0.3, -0.25) is 4.79 Å². The maximum Gasteiger partial charge on any atom is 0.313 e. The Kier molecular flexibility index (Phi) is 3.23. The molecule has 1 aromatic heterocycles. The lowest BCUT2D eigenvalue weighted by molar-refractivity contribution is -0.133. The summed E-state index contributed by atoms with van der Waals surface area (Å²) >= 11 is 5.33. The molecule has 0 aliphatic carbocycles. The number of fused-ring (bicyclic) bond motifs is 1. The second-order valence-corrected chi connectivity index (χ2v) is 4.34. The number of carbonyl (C=O) groups excluding carboxylic acids is 1. The monoisotopic (exact) mass is 239 g/mol. The van der Waals surface area contributed by atoms with Crippen LogP contribution in [0.2, 0.25) is 0 Å². The van der Waals surface area contributed by atoms with E-state index < -0.39 is 0 Å². The quantitative estimate of drug-likeness (QED) is 0.661. The van der Waals surface area contributed by atoms with Gasteiger partial charge in [0.1, 0.15) is 0 Å². The van der Waals surface area contributed by atoms with Gasteiger partial charge < -0.3 is 4.74 Å². The van der Waals surface area contributed by atoms with Gasteiger partial charge in [-0.25, -0.2) is 4.98 Å². The summed E-state index contributed by atoms with van der Waals surface area (Å²) in [5.41, 5.74) is 0.858. The number of aromatic nitrogens is 1. The number of thiazole rings is 1. The molecule has 15 heavy (non-hydrogen) atoms. The number of carbonyl (C=O) groups is 1. The number of thiol groups is 1. The lowest BCUT2D eigenvalue weighted by Crippen LogP contribution is -2.07. The van der Waals surface area contributed by atoms with Crippen molar-refractivity contribution in [2.45, 2.75) is 6.42 Å². The fourth-order valence-corrected chi connectivity index (χ4v) is 2.15. The Morgan fingerprint density at radius 1 is 1.47 bits per heavy atom. The van der Waals surface area contributed by atoms with Crippen molar-refractivity contribution in [2.75, 3.05) is 5.75 Å². The van der Waals surface area contributed by atoms with Crippen LogP contribution in [-0.4, -0.2) is 16.7 Å². The summed E-state index contributed by atoms with van der Waals surface area (Å²) in [5, 5.41) is 0.406. The predicted octanol–water partition coefficient (Wildman–Crippen LogP) is 2.52. The van der Waals surface area contributed by atoms with Crippen LogP contribution in [0.25, 0.3) is 10.2 Å². The first-order chi connectivity index (χ1) is 7.29. The highest BCUT2D eigenvalue weighted by Gasteiger charge is 2.08. The van der Waals surface area contributed by atoms with Gasteiger partial charge in [0.15, 0.2) is 0 Å². The van der Waals surface area contributed by atoms with Crippen LogP contribution in [0.1, 0.15) is 6.42 Å². The number of benzene rings is 1. The van der Waals surface area contributed by atoms with E-state index in [4.69, 9.17) is 4.74 Å². The van der Waals surface area contributed by atoms with Gasteiger partial charge in [0, 0.05) is 5.75 Å². The number of rotatable bonds is 3. The standard InChI is InChI=1S/C10H9NO2S2/c12-9(5-6-14)13-10-11-7-3-1-2-4-8(7)15-10/h1-4,14H,5-6H2. The zero-order valence-electron chi connectivity index (χ0n) is 7.84. The number of para-hydroxylation sites is 1. The van der Waals surface area contributed by atoms with E-state index in [1.165, 1.54) is 11.3 Å². The first-order valence-corrected chi connectivity index (χ1v) is 5.91. The summed E-state index contributed by atoms with van der Waals surface area (Å²) in [6.07, 6.45) is 0.305. The van der Waals surface area contributed by atoms with Gasteiger partial charge in [-0.1, -0.05) is 23.5 Å². The molecule has 0 bridgehead atoms. The van der Waals surface area contributed by atoms with Crippen LogP contribution in [-0.2, 0) is 4.79 Å². The van der Waals surface area contributed by atoms with Crippen LogP contribution in [0.3, 0.4) is 0 Å². The van der Waals surface area contributed by atoms with Crippen molar-refractivity contribution in [3.63, 3.8) is 0 Å².